The number of nitrogens with one attached hydrogen (secondary N) is 1. The van der Waals surface area contributed by atoms with Gasteiger partial charge in [-0.25, -0.2) is 0 Å². The lowest BCUT2D eigenvalue weighted by Crippen LogP contribution is -2.41. The van der Waals surface area contributed by atoms with Crippen LogP contribution in [0, 0.1) is 19.3 Å². The number of oxime groups is 1. The fraction of sp³-hybridized carbons (Fsp3) is 0.615. The van der Waals surface area contributed by atoms with Crippen LogP contribution in [-0.2, 0) is 11.3 Å². The Kier molecular flexibility index (Phi) is 3.96. The van der Waals surface area contributed by atoms with E-state index in [4.69, 9.17) is 10.9 Å². The van der Waals surface area contributed by atoms with E-state index in [1.54, 1.807) is 0 Å². The Labute approximate surface area is 117 Å². The molecule has 0 aromatic carbocycles. The Morgan fingerprint density at radius 3 is 2.80 bits per heavy atom. The van der Waals surface area contributed by atoms with Crippen molar-refractivity contribution >= 4 is 11.7 Å². The summed E-state index contributed by atoms with van der Waals surface area (Å²) < 4.78 is 1.93. The van der Waals surface area contributed by atoms with Crippen LogP contribution >= 0.6 is 0 Å². The average Bonchev–Trinajstić information content (AvgIpc) is 3.16. The molecule has 1 fully saturated rings. The van der Waals surface area contributed by atoms with Gasteiger partial charge >= 0.3 is 0 Å². The smallest absolute Gasteiger partial charge is 0.233 e. The maximum atomic E-state index is 12.0. The molecule has 1 aromatic heterocycles. The van der Waals surface area contributed by atoms with Gasteiger partial charge in [-0.2, -0.15) is 5.10 Å². The second kappa shape index (κ2) is 5.52. The summed E-state index contributed by atoms with van der Waals surface area (Å²) in [6.45, 7) is 5.28. The zero-order valence-corrected chi connectivity index (χ0v) is 11.9. The van der Waals surface area contributed by atoms with Crippen molar-refractivity contribution in [2.75, 3.05) is 6.54 Å². The molecule has 2 rings (SSSR count). The van der Waals surface area contributed by atoms with E-state index in [1.165, 1.54) is 0 Å². The van der Waals surface area contributed by atoms with Crippen molar-refractivity contribution < 1.29 is 10.0 Å². The normalized spacial score (nSPS) is 17.0. The van der Waals surface area contributed by atoms with Crippen LogP contribution in [0.4, 0.5) is 0 Å². The minimum atomic E-state index is -0.771. The molecular formula is C13H21N5O2. The molecule has 0 spiro atoms. The van der Waals surface area contributed by atoms with E-state index < -0.39 is 5.41 Å². The van der Waals surface area contributed by atoms with Crippen molar-refractivity contribution in [1.82, 2.24) is 15.1 Å². The third kappa shape index (κ3) is 2.76. The Morgan fingerprint density at radius 2 is 2.30 bits per heavy atom. The van der Waals surface area contributed by atoms with E-state index in [2.05, 4.69) is 15.6 Å². The van der Waals surface area contributed by atoms with Gasteiger partial charge in [0, 0.05) is 18.8 Å². The van der Waals surface area contributed by atoms with Gasteiger partial charge in [-0.1, -0.05) is 5.16 Å². The lowest BCUT2D eigenvalue weighted by molar-refractivity contribution is -0.124. The van der Waals surface area contributed by atoms with Gasteiger partial charge in [-0.3, -0.25) is 9.48 Å². The SMILES string of the molecule is Cc1cc(C)n(CCCNC(=O)C2(/C(N)=N/O)CC2)n1. The van der Waals surface area contributed by atoms with E-state index >= 15 is 0 Å². The zero-order valence-electron chi connectivity index (χ0n) is 11.9. The number of carbonyl (C=O) groups is 1. The molecule has 4 N–H and O–H groups in total. The van der Waals surface area contributed by atoms with E-state index in [9.17, 15) is 4.79 Å². The highest BCUT2D eigenvalue weighted by Gasteiger charge is 2.54. The van der Waals surface area contributed by atoms with Crippen LogP contribution in [0.5, 0.6) is 0 Å². The third-order valence-corrected chi connectivity index (χ3v) is 3.72. The lowest BCUT2D eigenvalue weighted by Gasteiger charge is -2.13. The molecule has 1 saturated carbocycles. The van der Waals surface area contributed by atoms with Gasteiger partial charge in [-0.15, -0.1) is 0 Å². The number of aromatic nitrogens is 2. The molecule has 20 heavy (non-hydrogen) atoms. The predicted octanol–water partition coefficient (Wildman–Crippen LogP) is 0.533. The standard InChI is InChI=1S/C13H21N5O2/c1-9-8-10(2)18(16-9)7-3-6-15-12(19)13(4-5-13)11(14)17-20/h8,20H,3-7H2,1-2H3,(H2,14,17)(H,15,19). The lowest BCUT2D eigenvalue weighted by atomic mass is 10.1. The van der Waals surface area contributed by atoms with Gasteiger partial charge in [0.05, 0.1) is 5.69 Å². The molecule has 1 aromatic rings. The summed E-state index contributed by atoms with van der Waals surface area (Å²) in [5.41, 5.74) is 6.90. The predicted molar refractivity (Wildman–Crippen MR) is 74.4 cm³/mol. The summed E-state index contributed by atoms with van der Waals surface area (Å²) in [6.07, 6.45) is 2.08. The van der Waals surface area contributed by atoms with Crippen molar-refractivity contribution in [3.8, 4) is 0 Å². The van der Waals surface area contributed by atoms with E-state index in [-0.39, 0.29) is 11.7 Å². The molecule has 0 aliphatic heterocycles. The van der Waals surface area contributed by atoms with Crippen LogP contribution in [0.3, 0.4) is 0 Å². The quantitative estimate of drug-likeness (QED) is 0.232. The Morgan fingerprint density at radius 1 is 1.60 bits per heavy atom. The molecule has 7 nitrogen and oxygen atoms in total. The van der Waals surface area contributed by atoms with E-state index in [0.29, 0.717) is 19.4 Å². The van der Waals surface area contributed by atoms with Crippen molar-refractivity contribution in [1.29, 1.82) is 0 Å². The van der Waals surface area contributed by atoms with Crippen molar-refractivity contribution in [3.05, 3.63) is 17.5 Å². The highest BCUT2D eigenvalue weighted by atomic mass is 16.4. The number of rotatable bonds is 6. The second-order valence-electron chi connectivity index (χ2n) is 5.33. The van der Waals surface area contributed by atoms with Gasteiger partial charge in [0.2, 0.25) is 5.91 Å². The summed E-state index contributed by atoms with van der Waals surface area (Å²) in [5.74, 6) is -0.144. The van der Waals surface area contributed by atoms with Crippen LogP contribution in [0.2, 0.25) is 0 Å². The third-order valence-electron chi connectivity index (χ3n) is 3.72. The fourth-order valence-corrected chi connectivity index (χ4v) is 2.32. The first-order valence-electron chi connectivity index (χ1n) is 6.77. The molecule has 0 atom stereocenters. The molecule has 0 radical (unpaired) electrons. The van der Waals surface area contributed by atoms with E-state index in [0.717, 1.165) is 24.4 Å². The van der Waals surface area contributed by atoms with Gasteiger partial charge in [-0.05, 0) is 39.2 Å². The number of hydrogen-bond acceptors (Lipinski definition) is 4. The number of amides is 1. The minimum Gasteiger partial charge on any atom is -0.409 e. The summed E-state index contributed by atoms with van der Waals surface area (Å²) in [5, 5.41) is 18.8. The number of amidine groups is 1. The van der Waals surface area contributed by atoms with Crippen LogP contribution in [-0.4, -0.2) is 33.3 Å². The first-order chi connectivity index (χ1) is 9.49. The first-order valence-corrected chi connectivity index (χ1v) is 6.77. The van der Waals surface area contributed by atoms with Gasteiger partial charge in [0.25, 0.3) is 0 Å². The molecule has 1 aliphatic carbocycles. The number of hydrogen-bond donors (Lipinski definition) is 3. The molecule has 1 aliphatic rings. The molecule has 110 valence electrons. The number of aryl methyl sites for hydroxylation is 3. The Hall–Kier alpha value is -2.05. The summed E-state index contributed by atoms with van der Waals surface area (Å²) in [4.78, 5) is 12.0. The fourth-order valence-electron chi connectivity index (χ4n) is 2.32. The molecule has 7 heteroatoms. The number of nitrogens with two attached hydrogens (primary N) is 1. The maximum absolute atomic E-state index is 12.0. The van der Waals surface area contributed by atoms with Crippen molar-refractivity contribution in [3.63, 3.8) is 0 Å². The average molecular weight is 279 g/mol. The molecule has 1 amide bonds. The molecule has 0 saturated heterocycles. The van der Waals surface area contributed by atoms with Crippen molar-refractivity contribution in [2.45, 2.75) is 39.7 Å². The Bertz CT molecular complexity index is 531. The van der Waals surface area contributed by atoms with Crippen LogP contribution in [0.15, 0.2) is 11.2 Å². The van der Waals surface area contributed by atoms with E-state index in [1.807, 2.05) is 24.6 Å². The second-order valence-corrected chi connectivity index (χ2v) is 5.33. The van der Waals surface area contributed by atoms with Gasteiger partial charge in [0.15, 0.2) is 5.84 Å². The molecular weight excluding hydrogens is 258 g/mol. The minimum absolute atomic E-state index is 0.00791. The molecule has 0 bridgehead atoms. The maximum Gasteiger partial charge on any atom is 0.233 e. The first kappa shape index (κ1) is 14.4. The topological polar surface area (TPSA) is 106 Å². The highest BCUT2D eigenvalue weighted by molar-refractivity contribution is 6.09. The Balaban J connectivity index is 1.77. The van der Waals surface area contributed by atoms with Crippen LogP contribution < -0.4 is 11.1 Å². The highest BCUT2D eigenvalue weighted by Crippen LogP contribution is 2.45. The molecule has 0 unspecified atom stereocenters. The van der Waals surface area contributed by atoms with Crippen molar-refractivity contribution in [2.24, 2.45) is 16.3 Å². The van der Waals surface area contributed by atoms with Gasteiger partial charge in [0.1, 0.15) is 5.41 Å². The summed E-state index contributed by atoms with van der Waals surface area (Å²) in [6, 6.07) is 2.02. The molecule has 1 heterocycles. The largest absolute Gasteiger partial charge is 0.409 e. The summed E-state index contributed by atoms with van der Waals surface area (Å²) in [7, 11) is 0. The number of carbonyl (C=O) groups excluding carboxylic acids is 1. The summed E-state index contributed by atoms with van der Waals surface area (Å²) >= 11 is 0. The monoisotopic (exact) mass is 279 g/mol. The zero-order chi connectivity index (χ0) is 14.8. The number of nitrogens with zero attached hydrogens (tertiary/aromatic N) is 3. The van der Waals surface area contributed by atoms with Crippen LogP contribution in [0.1, 0.15) is 30.7 Å². The van der Waals surface area contributed by atoms with Gasteiger partial charge < -0.3 is 16.3 Å². The van der Waals surface area contributed by atoms with Crippen LogP contribution in [0.25, 0.3) is 0 Å².